The van der Waals surface area contributed by atoms with Gasteiger partial charge < -0.3 is 0 Å². The third kappa shape index (κ3) is 3.08. The van der Waals surface area contributed by atoms with Crippen LogP contribution in [0.2, 0.25) is 5.02 Å². The summed E-state index contributed by atoms with van der Waals surface area (Å²) in [6.45, 7) is 4.27. The summed E-state index contributed by atoms with van der Waals surface area (Å²) >= 11 is 7.63. The standard InChI is InChI=1S/C11H11ClN4S/c1-2-7-16-11(13-14-15-16)17-8-9-5-3-4-6-10(9)12/h2-6H,1,7-8H2. The average molecular weight is 267 g/mol. The van der Waals surface area contributed by atoms with Crippen molar-refractivity contribution in [3.8, 4) is 0 Å². The molecule has 0 aliphatic rings. The summed E-state index contributed by atoms with van der Waals surface area (Å²) in [7, 11) is 0. The maximum Gasteiger partial charge on any atom is 0.209 e. The molecule has 1 aromatic carbocycles. The van der Waals surface area contributed by atoms with Crippen LogP contribution in [0.1, 0.15) is 5.56 Å². The molecule has 0 fully saturated rings. The van der Waals surface area contributed by atoms with Crippen LogP contribution < -0.4 is 0 Å². The van der Waals surface area contributed by atoms with Crippen molar-refractivity contribution in [3.05, 3.63) is 47.5 Å². The van der Waals surface area contributed by atoms with Gasteiger partial charge in [0.25, 0.3) is 0 Å². The van der Waals surface area contributed by atoms with Crippen LogP contribution in [0.3, 0.4) is 0 Å². The third-order valence-electron chi connectivity index (χ3n) is 2.12. The zero-order chi connectivity index (χ0) is 12.1. The molecule has 88 valence electrons. The lowest BCUT2D eigenvalue weighted by Crippen LogP contribution is -1.99. The molecule has 1 aromatic heterocycles. The second-order valence-electron chi connectivity index (χ2n) is 3.31. The lowest BCUT2D eigenvalue weighted by atomic mass is 10.2. The molecule has 2 aromatic rings. The van der Waals surface area contributed by atoms with Gasteiger partial charge in [0.05, 0.1) is 6.54 Å². The Morgan fingerprint density at radius 2 is 2.24 bits per heavy atom. The highest BCUT2D eigenvalue weighted by atomic mass is 35.5. The minimum Gasteiger partial charge on any atom is -0.217 e. The van der Waals surface area contributed by atoms with Gasteiger partial charge in [-0.3, -0.25) is 0 Å². The Bertz CT molecular complexity index is 512. The molecule has 1 heterocycles. The summed E-state index contributed by atoms with van der Waals surface area (Å²) in [4.78, 5) is 0. The van der Waals surface area contributed by atoms with E-state index >= 15 is 0 Å². The molecule has 0 aliphatic carbocycles. The molecular weight excluding hydrogens is 256 g/mol. The second-order valence-corrected chi connectivity index (χ2v) is 4.66. The molecule has 0 bridgehead atoms. The van der Waals surface area contributed by atoms with Gasteiger partial charge in [0.2, 0.25) is 5.16 Å². The molecule has 0 N–H and O–H groups in total. The van der Waals surface area contributed by atoms with E-state index in [-0.39, 0.29) is 0 Å². The number of allylic oxidation sites excluding steroid dienone is 1. The normalized spacial score (nSPS) is 10.4. The van der Waals surface area contributed by atoms with E-state index in [1.807, 2.05) is 24.3 Å². The number of benzene rings is 1. The molecule has 0 unspecified atom stereocenters. The Kier molecular flexibility index (Phi) is 4.17. The van der Waals surface area contributed by atoms with E-state index in [1.165, 1.54) is 0 Å². The molecule has 0 saturated carbocycles. The van der Waals surface area contributed by atoms with Gasteiger partial charge >= 0.3 is 0 Å². The van der Waals surface area contributed by atoms with E-state index in [0.717, 1.165) is 21.5 Å². The van der Waals surface area contributed by atoms with E-state index in [4.69, 9.17) is 11.6 Å². The Balaban J connectivity index is 2.05. The second kappa shape index (κ2) is 5.84. The fourth-order valence-electron chi connectivity index (χ4n) is 1.29. The lowest BCUT2D eigenvalue weighted by molar-refractivity contribution is 0.614. The summed E-state index contributed by atoms with van der Waals surface area (Å²) in [5, 5.41) is 13.0. The Hall–Kier alpha value is -1.33. The number of rotatable bonds is 5. The van der Waals surface area contributed by atoms with Gasteiger partial charge in [-0.15, -0.1) is 11.7 Å². The van der Waals surface area contributed by atoms with Crippen molar-refractivity contribution in [2.24, 2.45) is 0 Å². The number of hydrogen-bond donors (Lipinski definition) is 0. The maximum absolute atomic E-state index is 6.08. The van der Waals surface area contributed by atoms with Gasteiger partial charge in [-0.2, -0.15) is 0 Å². The van der Waals surface area contributed by atoms with E-state index < -0.39 is 0 Å². The van der Waals surface area contributed by atoms with Crippen LogP contribution >= 0.6 is 23.4 Å². The van der Waals surface area contributed by atoms with Gasteiger partial charge in [0.1, 0.15) is 0 Å². The highest BCUT2D eigenvalue weighted by Gasteiger charge is 2.07. The number of tetrazole rings is 1. The number of thioether (sulfide) groups is 1. The first-order valence-electron chi connectivity index (χ1n) is 5.04. The van der Waals surface area contributed by atoms with Gasteiger partial charge in [-0.25, -0.2) is 4.68 Å². The van der Waals surface area contributed by atoms with E-state index in [1.54, 1.807) is 22.5 Å². The fourth-order valence-corrected chi connectivity index (χ4v) is 2.47. The van der Waals surface area contributed by atoms with Crippen LogP contribution in [0.4, 0.5) is 0 Å². The molecular formula is C11H11ClN4S. The number of hydrogen-bond acceptors (Lipinski definition) is 4. The largest absolute Gasteiger partial charge is 0.217 e. The van der Waals surface area contributed by atoms with Crippen molar-refractivity contribution in [2.75, 3.05) is 0 Å². The summed E-state index contributed by atoms with van der Waals surface area (Å²) in [6, 6.07) is 7.76. The predicted octanol–water partition coefficient (Wildman–Crippen LogP) is 2.80. The van der Waals surface area contributed by atoms with Crippen LogP contribution in [0.15, 0.2) is 42.1 Å². The van der Waals surface area contributed by atoms with Gasteiger partial charge in [-0.1, -0.05) is 47.6 Å². The molecule has 0 radical (unpaired) electrons. The quantitative estimate of drug-likeness (QED) is 0.617. The molecule has 17 heavy (non-hydrogen) atoms. The van der Waals surface area contributed by atoms with Crippen molar-refractivity contribution in [2.45, 2.75) is 17.5 Å². The van der Waals surface area contributed by atoms with Crippen LogP contribution in [-0.2, 0) is 12.3 Å². The molecule has 0 spiro atoms. The Labute approximate surface area is 109 Å². The maximum atomic E-state index is 6.08. The number of nitrogens with zero attached hydrogens (tertiary/aromatic N) is 4. The molecule has 0 atom stereocenters. The SMILES string of the molecule is C=CCn1nnnc1SCc1ccccc1Cl. The van der Waals surface area contributed by atoms with Gasteiger partial charge in [0, 0.05) is 10.8 Å². The lowest BCUT2D eigenvalue weighted by Gasteiger charge is -2.03. The van der Waals surface area contributed by atoms with Gasteiger partial charge in [-0.05, 0) is 22.1 Å². The van der Waals surface area contributed by atoms with Crippen molar-refractivity contribution in [3.63, 3.8) is 0 Å². The first-order valence-corrected chi connectivity index (χ1v) is 6.41. The molecule has 4 nitrogen and oxygen atoms in total. The van der Waals surface area contributed by atoms with Crippen LogP contribution in [0.25, 0.3) is 0 Å². The first kappa shape index (κ1) is 12.1. The highest BCUT2D eigenvalue weighted by molar-refractivity contribution is 7.98. The minimum atomic E-state index is 0.609. The zero-order valence-electron chi connectivity index (χ0n) is 9.08. The van der Waals surface area contributed by atoms with E-state index in [0.29, 0.717) is 6.54 Å². The smallest absolute Gasteiger partial charge is 0.209 e. The van der Waals surface area contributed by atoms with E-state index in [2.05, 4.69) is 22.1 Å². The van der Waals surface area contributed by atoms with E-state index in [9.17, 15) is 0 Å². The Morgan fingerprint density at radius 3 is 3.00 bits per heavy atom. The Morgan fingerprint density at radius 1 is 1.41 bits per heavy atom. The van der Waals surface area contributed by atoms with Crippen molar-refractivity contribution >= 4 is 23.4 Å². The summed E-state index contributed by atoms with van der Waals surface area (Å²) in [5.74, 6) is 0.747. The molecule has 0 amide bonds. The fraction of sp³-hybridized carbons (Fsp3) is 0.182. The highest BCUT2D eigenvalue weighted by Crippen LogP contribution is 2.24. The minimum absolute atomic E-state index is 0.609. The summed E-state index contributed by atoms with van der Waals surface area (Å²) in [5.41, 5.74) is 1.08. The van der Waals surface area contributed by atoms with Crippen molar-refractivity contribution in [1.29, 1.82) is 0 Å². The van der Waals surface area contributed by atoms with Gasteiger partial charge in [0.15, 0.2) is 0 Å². The third-order valence-corrected chi connectivity index (χ3v) is 3.49. The number of halogens is 1. The molecule has 0 aliphatic heterocycles. The topological polar surface area (TPSA) is 43.6 Å². The molecule has 6 heteroatoms. The van der Waals surface area contributed by atoms with Crippen molar-refractivity contribution in [1.82, 2.24) is 20.2 Å². The average Bonchev–Trinajstić information content (AvgIpc) is 2.76. The monoisotopic (exact) mass is 266 g/mol. The van der Waals surface area contributed by atoms with Crippen LogP contribution in [0.5, 0.6) is 0 Å². The number of aromatic nitrogens is 4. The summed E-state index contributed by atoms with van der Waals surface area (Å²) in [6.07, 6.45) is 1.76. The van der Waals surface area contributed by atoms with Crippen molar-refractivity contribution < 1.29 is 0 Å². The predicted molar refractivity (Wildman–Crippen MR) is 69.0 cm³/mol. The first-order chi connectivity index (χ1) is 8.31. The summed E-state index contributed by atoms with van der Waals surface area (Å²) < 4.78 is 1.70. The molecule has 0 saturated heterocycles. The zero-order valence-corrected chi connectivity index (χ0v) is 10.7. The van der Waals surface area contributed by atoms with Crippen LogP contribution in [-0.4, -0.2) is 20.2 Å². The van der Waals surface area contributed by atoms with Crippen LogP contribution in [0, 0.1) is 0 Å². The molecule has 2 rings (SSSR count).